The van der Waals surface area contributed by atoms with Crippen LogP contribution in [0, 0.1) is 5.41 Å². The molecule has 2 aromatic rings. The van der Waals surface area contributed by atoms with Crippen molar-refractivity contribution in [3.8, 4) is 0 Å². The van der Waals surface area contributed by atoms with Gasteiger partial charge in [0.05, 0.1) is 11.1 Å². The third kappa shape index (κ3) is 2.59. The smallest absolute Gasteiger partial charge is 0.346 e. The molecule has 0 radical (unpaired) electrons. The van der Waals surface area contributed by atoms with E-state index in [0.717, 1.165) is 42.2 Å². The van der Waals surface area contributed by atoms with E-state index in [0.29, 0.717) is 22.2 Å². The molecule has 0 fully saturated rings. The molecular weight excluding hydrogens is 330 g/mol. The molecule has 26 heavy (non-hydrogen) atoms. The van der Waals surface area contributed by atoms with Gasteiger partial charge >= 0.3 is 11.9 Å². The fourth-order valence-electron chi connectivity index (χ4n) is 3.74. The fourth-order valence-corrected chi connectivity index (χ4v) is 3.74. The Labute approximate surface area is 151 Å². The molecule has 1 N–H and O–H groups in total. The van der Waals surface area contributed by atoms with Crippen LogP contribution < -0.4 is 5.32 Å². The molecule has 1 heterocycles. The number of cyclic esters (lactones) is 2. The molecule has 1 amide bonds. The Hall–Kier alpha value is -2.69. The summed E-state index contributed by atoms with van der Waals surface area (Å²) in [5, 5.41) is 4.32. The zero-order chi connectivity index (χ0) is 18.6. The topological polar surface area (TPSA) is 72.5 Å². The second kappa shape index (κ2) is 5.66. The Morgan fingerprint density at radius 3 is 2.50 bits per heavy atom. The molecule has 0 bridgehead atoms. The average Bonchev–Trinajstić information content (AvgIpc) is 2.57. The Morgan fingerprint density at radius 1 is 1.04 bits per heavy atom. The predicted molar refractivity (Wildman–Crippen MR) is 98.4 cm³/mol. The largest absolute Gasteiger partial charge is 0.386 e. The number of carbonyl (C=O) groups is 3. The van der Waals surface area contributed by atoms with Crippen LogP contribution in [0.2, 0.25) is 0 Å². The summed E-state index contributed by atoms with van der Waals surface area (Å²) in [6, 6.07) is 5.50. The first kappa shape index (κ1) is 16.8. The number of amides is 1. The highest BCUT2D eigenvalue weighted by Gasteiger charge is 2.32. The fraction of sp³-hybridized carbons (Fsp3) is 0.381. The summed E-state index contributed by atoms with van der Waals surface area (Å²) in [6.07, 6.45) is 3.85. The molecule has 4 rings (SSSR count). The minimum absolute atomic E-state index is 0.137. The van der Waals surface area contributed by atoms with Gasteiger partial charge < -0.3 is 10.1 Å². The van der Waals surface area contributed by atoms with E-state index in [-0.39, 0.29) is 5.91 Å². The lowest BCUT2D eigenvalue weighted by molar-refractivity contribution is -0.123. The second-order valence-electron chi connectivity index (χ2n) is 8.10. The van der Waals surface area contributed by atoms with E-state index < -0.39 is 17.4 Å². The quantitative estimate of drug-likeness (QED) is 0.622. The van der Waals surface area contributed by atoms with Crippen LogP contribution in [-0.4, -0.2) is 17.8 Å². The van der Waals surface area contributed by atoms with E-state index in [9.17, 15) is 14.4 Å². The number of aryl methyl sites for hydroxylation is 1. The van der Waals surface area contributed by atoms with Gasteiger partial charge in [-0.1, -0.05) is 26.8 Å². The first-order chi connectivity index (χ1) is 12.3. The van der Waals surface area contributed by atoms with E-state index in [4.69, 9.17) is 4.74 Å². The summed E-state index contributed by atoms with van der Waals surface area (Å²) in [7, 11) is 0. The highest BCUT2D eigenvalue weighted by atomic mass is 16.6. The van der Waals surface area contributed by atoms with E-state index in [2.05, 4.69) is 11.4 Å². The van der Waals surface area contributed by atoms with Crippen LogP contribution in [0.15, 0.2) is 18.2 Å². The zero-order valence-electron chi connectivity index (χ0n) is 15.2. The molecule has 0 spiro atoms. The van der Waals surface area contributed by atoms with Gasteiger partial charge in [-0.05, 0) is 54.3 Å². The first-order valence-electron chi connectivity index (χ1n) is 8.96. The van der Waals surface area contributed by atoms with Gasteiger partial charge in [-0.3, -0.25) is 4.79 Å². The number of rotatable bonds is 1. The number of ether oxygens (including phenoxy) is 1. The predicted octanol–water partition coefficient (Wildman–Crippen LogP) is 4.01. The molecule has 2 aliphatic rings. The summed E-state index contributed by atoms with van der Waals surface area (Å²) in [5.74, 6) is -1.35. The molecule has 2 aromatic carbocycles. The Morgan fingerprint density at radius 2 is 1.77 bits per heavy atom. The Kier molecular flexibility index (Phi) is 3.65. The van der Waals surface area contributed by atoms with Crippen molar-refractivity contribution in [2.75, 3.05) is 5.32 Å². The van der Waals surface area contributed by atoms with Crippen molar-refractivity contribution in [2.45, 2.75) is 46.5 Å². The SMILES string of the molecule is CC(C)(C)C(=O)Nc1cc2c3c(c4c(cc3c1)CCCC4)C(=O)OC2=O. The summed E-state index contributed by atoms with van der Waals surface area (Å²) in [6.45, 7) is 5.48. The number of benzene rings is 2. The summed E-state index contributed by atoms with van der Waals surface area (Å²) >= 11 is 0. The number of hydrogen-bond donors (Lipinski definition) is 1. The van der Waals surface area contributed by atoms with Crippen molar-refractivity contribution < 1.29 is 19.1 Å². The zero-order valence-corrected chi connectivity index (χ0v) is 15.2. The molecule has 1 aliphatic carbocycles. The van der Waals surface area contributed by atoms with E-state index in [1.165, 1.54) is 0 Å². The maximum Gasteiger partial charge on any atom is 0.346 e. The average molecular weight is 351 g/mol. The van der Waals surface area contributed by atoms with Crippen molar-refractivity contribution in [1.82, 2.24) is 0 Å². The van der Waals surface area contributed by atoms with Gasteiger partial charge in [-0.25, -0.2) is 9.59 Å². The van der Waals surface area contributed by atoms with E-state index >= 15 is 0 Å². The molecule has 5 heteroatoms. The summed E-state index contributed by atoms with van der Waals surface area (Å²) < 4.78 is 5.01. The normalized spacial score (nSPS) is 16.3. The molecule has 0 saturated carbocycles. The first-order valence-corrected chi connectivity index (χ1v) is 8.96. The third-order valence-corrected chi connectivity index (χ3v) is 5.11. The lowest BCUT2D eigenvalue weighted by Crippen LogP contribution is -2.28. The standard InChI is InChI=1S/C21H21NO4/c1-21(2,3)20(25)22-13-9-12-8-11-6-4-5-7-14(11)17-16(12)15(10-13)18(23)26-19(17)24/h8-10H,4-7H2,1-3H3,(H,22,25). The summed E-state index contributed by atoms with van der Waals surface area (Å²) in [4.78, 5) is 37.1. The monoisotopic (exact) mass is 351 g/mol. The minimum Gasteiger partial charge on any atom is -0.386 e. The minimum atomic E-state index is -0.657. The van der Waals surface area contributed by atoms with Gasteiger partial charge in [0, 0.05) is 16.5 Å². The maximum atomic E-state index is 12.4. The Bertz CT molecular complexity index is 982. The van der Waals surface area contributed by atoms with Gasteiger partial charge in [0.2, 0.25) is 5.91 Å². The van der Waals surface area contributed by atoms with Crippen LogP contribution in [-0.2, 0) is 22.4 Å². The van der Waals surface area contributed by atoms with E-state index in [1.54, 1.807) is 6.07 Å². The second-order valence-corrected chi connectivity index (χ2v) is 8.10. The van der Waals surface area contributed by atoms with Crippen molar-refractivity contribution in [3.63, 3.8) is 0 Å². The van der Waals surface area contributed by atoms with Crippen LogP contribution in [0.5, 0.6) is 0 Å². The Balaban J connectivity index is 1.95. The number of anilines is 1. The van der Waals surface area contributed by atoms with Gasteiger partial charge in [-0.2, -0.15) is 0 Å². The number of esters is 2. The lowest BCUT2D eigenvalue weighted by atomic mass is 9.83. The van der Waals surface area contributed by atoms with Gasteiger partial charge in [-0.15, -0.1) is 0 Å². The van der Waals surface area contributed by atoms with Crippen molar-refractivity contribution in [2.24, 2.45) is 5.41 Å². The lowest BCUT2D eigenvalue weighted by Gasteiger charge is -2.25. The van der Waals surface area contributed by atoms with Gasteiger partial charge in [0.1, 0.15) is 0 Å². The maximum absolute atomic E-state index is 12.4. The molecular formula is C21H21NO4. The molecule has 5 nitrogen and oxygen atoms in total. The van der Waals surface area contributed by atoms with Crippen molar-refractivity contribution in [3.05, 3.63) is 40.5 Å². The van der Waals surface area contributed by atoms with Crippen LogP contribution in [0.3, 0.4) is 0 Å². The third-order valence-electron chi connectivity index (χ3n) is 5.11. The summed E-state index contributed by atoms with van der Waals surface area (Å²) in [5.41, 5.74) is 3.00. The van der Waals surface area contributed by atoms with Crippen LogP contribution >= 0.6 is 0 Å². The molecule has 0 aromatic heterocycles. The molecule has 1 aliphatic heterocycles. The number of carbonyl (C=O) groups excluding carboxylic acids is 3. The molecule has 134 valence electrons. The van der Waals surface area contributed by atoms with Crippen LogP contribution in [0.4, 0.5) is 5.69 Å². The van der Waals surface area contributed by atoms with Crippen molar-refractivity contribution >= 4 is 34.3 Å². The van der Waals surface area contributed by atoms with Crippen LogP contribution in [0.1, 0.15) is 65.5 Å². The van der Waals surface area contributed by atoms with Gasteiger partial charge in [0.15, 0.2) is 0 Å². The van der Waals surface area contributed by atoms with Crippen molar-refractivity contribution in [1.29, 1.82) is 0 Å². The number of nitrogens with one attached hydrogen (secondary N) is 1. The number of hydrogen-bond acceptors (Lipinski definition) is 4. The molecule has 0 saturated heterocycles. The number of fused-ring (bicyclic) bond motifs is 2. The van der Waals surface area contributed by atoms with Crippen LogP contribution in [0.25, 0.3) is 10.8 Å². The molecule has 0 atom stereocenters. The van der Waals surface area contributed by atoms with E-state index in [1.807, 2.05) is 26.8 Å². The molecule has 0 unspecified atom stereocenters. The highest BCUT2D eigenvalue weighted by molar-refractivity contribution is 6.22. The van der Waals surface area contributed by atoms with Gasteiger partial charge in [0.25, 0.3) is 0 Å². The highest BCUT2D eigenvalue weighted by Crippen LogP contribution is 2.38.